The lowest BCUT2D eigenvalue weighted by Crippen LogP contribution is -2.11. The number of aromatic nitrogens is 3. The van der Waals surface area contributed by atoms with Gasteiger partial charge in [0.1, 0.15) is 24.2 Å². The van der Waals surface area contributed by atoms with E-state index in [1.165, 1.54) is 0 Å². The van der Waals surface area contributed by atoms with Gasteiger partial charge in [-0.25, -0.2) is 4.68 Å². The molecule has 0 saturated heterocycles. The Balaban J connectivity index is 1.93. The fourth-order valence-electron chi connectivity index (χ4n) is 1.03. The van der Waals surface area contributed by atoms with Crippen LogP contribution in [0.15, 0.2) is 29.2 Å². The lowest BCUT2D eigenvalue weighted by molar-refractivity contribution is 0.484. The van der Waals surface area contributed by atoms with Gasteiger partial charge in [-0.05, 0) is 19.1 Å². The summed E-state index contributed by atoms with van der Waals surface area (Å²) in [6.45, 7) is 2.55. The van der Waals surface area contributed by atoms with Crippen LogP contribution < -0.4 is 5.43 Å². The molecule has 0 saturated carbocycles. The molecule has 1 N–H and O–H groups in total. The maximum Gasteiger partial charge on any atom is 0.138 e. The van der Waals surface area contributed by atoms with Gasteiger partial charge in [-0.3, -0.25) is 0 Å². The first-order chi connectivity index (χ1) is 6.34. The Labute approximate surface area is 75.4 Å². The van der Waals surface area contributed by atoms with Crippen LogP contribution in [0, 0.1) is 6.92 Å². The monoisotopic (exact) mass is 178 g/mol. The van der Waals surface area contributed by atoms with Crippen LogP contribution in [-0.2, 0) is 6.54 Å². The van der Waals surface area contributed by atoms with Crippen LogP contribution >= 0.6 is 0 Å². The van der Waals surface area contributed by atoms with Crippen molar-refractivity contribution in [2.45, 2.75) is 13.5 Å². The highest BCUT2D eigenvalue weighted by Crippen LogP contribution is 2.05. The van der Waals surface area contributed by atoms with Gasteiger partial charge in [0.2, 0.25) is 0 Å². The Kier molecular flexibility index (Phi) is 1.99. The van der Waals surface area contributed by atoms with E-state index in [1.54, 1.807) is 17.3 Å². The molecule has 68 valence electrons. The van der Waals surface area contributed by atoms with Gasteiger partial charge in [0.05, 0.1) is 6.54 Å². The molecule has 0 bridgehead atoms. The summed E-state index contributed by atoms with van der Waals surface area (Å²) >= 11 is 0. The van der Waals surface area contributed by atoms with Crippen molar-refractivity contribution in [1.82, 2.24) is 14.9 Å². The van der Waals surface area contributed by atoms with Crippen molar-refractivity contribution in [1.29, 1.82) is 0 Å². The first kappa shape index (κ1) is 7.85. The summed E-state index contributed by atoms with van der Waals surface area (Å²) in [5, 5.41) is 7.32. The molecular formula is C8H10N4O. The van der Waals surface area contributed by atoms with E-state index in [0.29, 0.717) is 6.54 Å². The molecule has 0 fully saturated rings. The molecule has 0 radical (unpaired) electrons. The van der Waals surface area contributed by atoms with Crippen molar-refractivity contribution in [3.8, 4) is 0 Å². The first-order valence-electron chi connectivity index (χ1n) is 3.98. The van der Waals surface area contributed by atoms with Crippen molar-refractivity contribution in [3.05, 3.63) is 36.3 Å². The quantitative estimate of drug-likeness (QED) is 0.759. The van der Waals surface area contributed by atoms with Crippen molar-refractivity contribution in [3.63, 3.8) is 0 Å². The van der Waals surface area contributed by atoms with Gasteiger partial charge < -0.3 is 9.84 Å². The summed E-state index contributed by atoms with van der Waals surface area (Å²) in [7, 11) is 0. The third-order valence-corrected chi connectivity index (χ3v) is 1.65. The maximum atomic E-state index is 5.37. The average Bonchev–Trinajstić information content (AvgIpc) is 2.71. The largest absolute Gasteiger partial charge is 0.464 e. The van der Waals surface area contributed by atoms with Crippen molar-refractivity contribution in [2.24, 2.45) is 0 Å². The van der Waals surface area contributed by atoms with Crippen LogP contribution in [-0.4, -0.2) is 14.9 Å². The van der Waals surface area contributed by atoms with Crippen LogP contribution in [0.25, 0.3) is 0 Å². The number of rotatable bonds is 3. The predicted molar refractivity (Wildman–Crippen MR) is 46.5 cm³/mol. The summed E-state index contributed by atoms with van der Waals surface area (Å²) in [6, 6.07) is 3.87. The van der Waals surface area contributed by atoms with Crippen LogP contribution in [0.5, 0.6) is 0 Å². The minimum atomic E-state index is 0.631. The molecule has 0 aliphatic carbocycles. The Hall–Kier alpha value is -1.78. The van der Waals surface area contributed by atoms with E-state index in [-0.39, 0.29) is 0 Å². The Bertz CT molecular complexity index is 365. The van der Waals surface area contributed by atoms with E-state index in [0.717, 1.165) is 11.5 Å². The predicted octanol–water partition coefficient (Wildman–Crippen LogP) is 0.923. The molecule has 0 spiro atoms. The second kappa shape index (κ2) is 3.30. The summed E-state index contributed by atoms with van der Waals surface area (Å²) in [4.78, 5) is 0. The average molecular weight is 178 g/mol. The molecule has 2 aromatic heterocycles. The van der Waals surface area contributed by atoms with Crippen LogP contribution in [0.1, 0.15) is 11.5 Å². The number of nitrogens with zero attached hydrogens (tertiary/aromatic N) is 3. The smallest absolute Gasteiger partial charge is 0.138 e. The zero-order valence-electron chi connectivity index (χ0n) is 7.27. The highest BCUT2D eigenvalue weighted by molar-refractivity contribution is 5.06. The molecule has 0 aromatic carbocycles. The van der Waals surface area contributed by atoms with Crippen molar-refractivity contribution < 1.29 is 4.42 Å². The molecule has 0 amide bonds. The third kappa shape index (κ3) is 1.87. The van der Waals surface area contributed by atoms with Crippen molar-refractivity contribution >= 4 is 0 Å². The molecule has 0 atom stereocenters. The van der Waals surface area contributed by atoms with E-state index < -0.39 is 0 Å². The molecule has 2 heterocycles. The zero-order chi connectivity index (χ0) is 9.10. The number of aryl methyl sites for hydroxylation is 1. The molecule has 5 heteroatoms. The molecule has 5 nitrogen and oxygen atoms in total. The molecule has 2 rings (SSSR count). The van der Waals surface area contributed by atoms with E-state index in [4.69, 9.17) is 4.42 Å². The fraction of sp³-hybridized carbons (Fsp3) is 0.250. The summed E-state index contributed by atoms with van der Waals surface area (Å²) < 4.78 is 7.04. The Morgan fingerprint density at radius 2 is 2.15 bits per heavy atom. The molecule has 0 aliphatic rings. The van der Waals surface area contributed by atoms with Crippen LogP contribution in [0.4, 0.5) is 0 Å². The van der Waals surface area contributed by atoms with Gasteiger partial charge in [-0.1, -0.05) is 0 Å². The molecule has 0 unspecified atom stereocenters. The number of nitrogens with one attached hydrogen (secondary N) is 1. The van der Waals surface area contributed by atoms with Crippen LogP contribution in [0.2, 0.25) is 0 Å². The number of hydrogen-bond donors (Lipinski definition) is 1. The highest BCUT2D eigenvalue weighted by atomic mass is 16.3. The first-order valence-corrected chi connectivity index (χ1v) is 3.98. The minimum Gasteiger partial charge on any atom is -0.464 e. The highest BCUT2D eigenvalue weighted by Gasteiger charge is 1.97. The van der Waals surface area contributed by atoms with Gasteiger partial charge >= 0.3 is 0 Å². The number of furan rings is 1. The minimum absolute atomic E-state index is 0.631. The molecule has 2 aromatic rings. The summed E-state index contributed by atoms with van der Waals surface area (Å²) in [5.41, 5.74) is 3.05. The zero-order valence-corrected chi connectivity index (χ0v) is 7.27. The van der Waals surface area contributed by atoms with E-state index in [1.807, 2.05) is 19.1 Å². The second-order valence-electron chi connectivity index (χ2n) is 2.72. The lowest BCUT2D eigenvalue weighted by atomic mass is 10.4. The second-order valence-corrected chi connectivity index (χ2v) is 2.72. The molecule has 13 heavy (non-hydrogen) atoms. The van der Waals surface area contributed by atoms with Gasteiger partial charge in [-0.2, -0.15) is 0 Å². The van der Waals surface area contributed by atoms with Gasteiger partial charge in [0, 0.05) is 0 Å². The van der Waals surface area contributed by atoms with E-state index in [9.17, 15) is 0 Å². The van der Waals surface area contributed by atoms with E-state index in [2.05, 4.69) is 15.6 Å². The lowest BCUT2D eigenvalue weighted by Gasteiger charge is -2.02. The SMILES string of the molecule is Cc1ccc(CNn2cnnc2)o1. The van der Waals surface area contributed by atoms with Gasteiger partial charge in [0.15, 0.2) is 0 Å². The summed E-state index contributed by atoms with van der Waals surface area (Å²) in [6.07, 6.45) is 3.19. The fourth-order valence-corrected chi connectivity index (χ4v) is 1.03. The third-order valence-electron chi connectivity index (χ3n) is 1.65. The summed E-state index contributed by atoms with van der Waals surface area (Å²) in [5.74, 6) is 1.81. The molecule has 0 aliphatic heterocycles. The maximum absolute atomic E-state index is 5.37. The van der Waals surface area contributed by atoms with E-state index >= 15 is 0 Å². The normalized spacial score (nSPS) is 10.2. The number of hydrogen-bond acceptors (Lipinski definition) is 4. The topological polar surface area (TPSA) is 55.9 Å². The van der Waals surface area contributed by atoms with Gasteiger partial charge in [0.25, 0.3) is 0 Å². The Morgan fingerprint density at radius 3 is 2.77 bits per heavy atom. The van der Waals surface area contributed by atoms with Crippen LogP contribution in [0.3, 0.4) is 0 Å². The Morgan fingerprint density at radius 1 is 1.38 bits per heavy atom. The van der Waals surface area contributed by atoms with Crippen molar-refractivity contribution in [2.75, 3.05) is 5.43 Å². The van der Waals surface area contributed by atoms with Gasteiger partial charge in [-0.15, -0.1) is 10.2 Å². The standard InChI is InChI=1S/C8H10N4O/c1-7-2-3-8(13-7)4-11-12-5-9-10-6-12/h2-3,5-6,11H,4H2,1H3. The molecular weight excluding hydrogens is 168 g/mol.